The van der Waals surface area contributed by atoms with E-state index in [1.165, 1.54) is 47.2 Å². The molecule has 1 heterocycles. The molecule has 10 nitrogen and oxygen atoms in total. The van der Waals surface area contributed by atoms with Crippen molar-refractivity contribution < 1.29 is 46.5 Å². The lowest BCUT2D eigenvalue weighted by Crippen LogP contribution is -2.48. The molecule has 14 heteroatoms. The molecule has 3 N–H and O–H groups in total. The van der Waals surface area contributed by atoms with Crippen molar-refractivity contribution in [2.45, 2.75) is 77.3 Å². The van der Waals surface area contributed by atoms with E-state index in [1.54, 1.807) is 19.1 Å². The molecule has 0 radical (unpaired) electrons. The van der Waals surface area contributed by atoms with Crippen LogP contribution in [0.25, 0.3) is 0 Å². The van der Waals surface area contributed by atoms with Crippen LogP contribution in [-0.2, 0) is 9.53 Å². The van der Waals surface area contributed by atoms with E-state index in [1.807, 2.05) is 13.8 Å². The van der Waals surface area contributed by atoms with Crippen LogP contribution >= 0.6 is 0 Å². The Morgan fingerprint density at radius 1 is 1.09 bits per heavy atom. The molecule has 47 heavy (non-hydrogen) atoms. The second kappa shape index (κ2) is 17.3. The second-order valence-electron chi connectivity index (χ2n) is 12.0. The molecule has 4 amide bonds. The number of aliphatic hydroxyl groups is 1. The Hall–Kier alpha value is -3.91. The minimum atomic E-state index is -4.45. The van der Waals surface area contributed by atoms with E-state index in [0.29, 0.717) is 25.1 Å². The number of carbonyl (C=O) groups excluding carboxylic acids is 3. The number of rotatable bonds is 8. The molecule has 3 rings (SSSR count). The van der Waals surface area contributed by atoms with Gasteiger partial charge in [-0.3, -0.25) is 9.59 Å². The Labute approximate surface area is 272 Å². The molecule has 0 aliphatic carbocycles. The van der Waals surface area contributed by atoms with Crippen LogP contribution in [-0.4, -0.2) is 90.5 Å². The Bertz CT molecular complexity index is 1340. The van der Waals surface area contributed by atoms with Crippen LogP contribution in [0.2, 0.25) is 0 Å². The van der Waals surface area contributed by atoms with Gasteiger partial charge in [0.1, 0.15) is 11.6 Å². The van der Waals surface area contributed by atoms with Gasteiger partial charge in [0.15, 0.2) is 0 Å². The lowest BCUT2D eigenvalue weighted by atomic mass is 10.0. The molecule has 4 atom stereocenters. The summed E-state index contributed by atoms with van der Waals surface area (Å²) < 4.78 is 63.8. The third-order valence-electron chi connectivity index (χ3n) is 7.91. The van der Waals surface area contributed by atoms with Crippen molar-refractivity contribution in [1.29, 1.82) is 0 Å². The number of alkyl halides is 3. The minimum absolute atomic E-state index is 0.0146. The Kier molecular flexibility index (Phi) is 13.8. The van der Waals surface area contributed by atoms with E-state index < -0.39 is 60.7 Å². The fourth-order valence-corrected chi connectivity index (χ4v) is 5.10. The van der Waals surface area contributed by atoms with Crippen molar-refractivity contribution >= 4 is 29.2 Å². The highest BCUT2D eigenvalue weighted by molar-refractivity contribution is 6.02. The zero-order valence-corrected chi connectivity index (χ0v) is 27.1. The number of aliphatic hydroxyl groups excluding tert-OH is 1. The minimum Gasteiger partial charge on any atom is -0.490 e. The predicted molar refractivity (Wildman–Crippen MR) is 169 cm³/mol. The number of benzene rings is 2. The number of urea groups is 1. The normalized spacial score (nSPS) is 20.3. The number of hydrogen-bond acceptors (Lipinski definition) is 6. The van der Waals surface area contributed by atoms with Crippen molar-refractivity contribution in [1.82, 2.24) is 9.80 Å². The van der Waals surface area contributed by atoms with E-state index in [9.17, 15) is 37.1 Å². The number of nitrogens with one attached hydrogen (secondary N) is 2. The third-order valence-corrected chi connectivity index (χ3v) is 7.91. The first kappa shape index (κ1) is 37.5. The number of likely N-dealkylation sites (N-methyl/N-ethyl adjacent to an activating group) is 1. The first-order chi connectivity index (χ1) is 22.2. The van der Waals surface area contributed by atoms with Crippen LogP contribution in [0.15, 0.2) is 42.5 Å². The molecule has 0 bridgehead atoms. The number of amides is 4. The number of hydrogen-bond donors (Lipinski definition) is 3. The molecular weight excluding hydrogens is 624 g/mol. The molecule has 0 saturated heterocycles. The molecule has 2 aromatic carbocycles. The molecular formula is C33H44F4N4O6. The van der Waals surface area contributed by atoms with Gasteiger partial charge in [0.2, 0.25) is 5.91 Å². The summed E-state index contributed by atoms with van der Waals surface area (Å²) in [7, 11) is 1.43. The monoisotopic (exact) mass is 668 g/mol. The van der Waals surface area contributed by atoms with Gasteiger partial charge >= 0.3 is 12.2 Å². The first-order valence-corrected chi connectivity index (χ1v) is 15.6. The summed E-state index contributed by atoms with van der Waals surface area (Å²) in [6, 6.07) is 8.58. The number of anilines is 2. The molecule has 1 aliphatic rings. The molecule has 1 aliphatic heterocycles. The molecule has 0 spiro atoms. The van der Waals surface area contributed by atoms with Crippen molar-refractivity contribution in [2.24, 2.45) is 5.92 Å². The average molecular weight is 669 g/mol. The summed E-state index contributed by atoms with van der Waals surface area (Å²) in [4.78, 5) is 42.1. The molecule has 0 aromatic heterocycles. The van der Waals surface area contributed by atoms with Gasteiger partial charge in [0.05, 0.1) is 36.8 Å². The molecule has 0 saturated carbocycles. The molecule has 260 valence electrons. The highest BCUT2D eigenvalue weighted by atomic mass is 19.4. The summed E-state index contributed by atoms with van der Waals surface area (Å²) in [5.41, 5.74) is 0.772. The number of ether oxygens (including phenoxy) is 2. The lowest BCUT2D eigenvalue weighted by Gasteiger charge is -2.36. The Balaban J connectivity index is 1.88. The lowest BCUT2D eigenvalue weighted by molar-refractivity contribution is -0.149. The van der Waals surface area contributed by atoms with Gasteiger partial charge in [-0.2, -0.15) is 13.2 Å². The summed E-state index contributed by atoms with van der Waals surface area (Å²) >= 11 is 0. The summed E-state index contributed by atoms with van der Waals surface area (Å²) in [6.07, 6.45) is -5.25. The average Bonchev–Trinajstić information content (AvgIpc) is 3.01. The quantitative estimate of drug-likeness (QED) is 0.294. The van der Waals surface area contributed by atoms with E-state index in [2.05, 4.69) is 10.6 Å². The van der Waals surface area contributed by atoms with Crippen LogP contribution < -0.4 is 15.4 Å². The number of carbonyl (C=O) groups is 3. The van der Waals surface area contributed by atoms with Crippen LogP contribution in [0, 0.1) is 11.7 Å². The van der Waals surface area contributed by atoms with Crippen molar-refractivity contribution in [3.8, 4) is 5.75 Å². The molecule has 0 fully saturated rings. The van der Waals surface area contributed by atoms with Gasteiger partial charge in [0, 0.05) is 50.5 Å². The number of fused-ring (bicyclic) bond motifs is 1. The maximum atomic E-state index is 14.2. The second-order valence-corrected chi connectivity index (χ2v) is 12.0. The number of nitrogens with zero attached hydrogens (tertiary/aromatic N) is 2. The maximum absolute atomic E-state index is 14.2. The summed E-state index contributed by atoms with van der Waals surface area (Å²) in [5.74, 6) is -1.73. The molecule has 2 aromatic rings. The van der Waals surface area contributed by atoms with Gasteiger partial charge in [-0.15, -0.1) is 0 Å². The maximum Gasteiger partial charge on any atom is 0.389 e. The summed E-state index contributed by atoms with van der Waals surface area (Å²) in [6.45, 7) is 5.40. The third kappa shape index (κ3) is 12.0. The molecule has 0 unspecified atom stereocenters. The highest BCUT2D eigenvalue weighted by Gasteiger charge is 2.32. The standard InChI is InChI=1S/C33H44F4N4O6/c1-21-18-41(22(2)20-42)31(44)27-17-26(39-32(45)38-25-10-8-24(34)9-11-25)12-13-28(27)47-23(3)7-5-6-16-46-29(21)19-40(4)30(43)14-15-33(35,36)37/h8-13,17,21-23,29,42H,5-7,14-16,18-20H2,1-4H3,(H2,38,39,45)/t21-,22+,23+,29-/m0/s1. The van der Waals surface area contributed by atoms with E-state index in [0.717, 1.165) is 6.42 Å². The number of halogens is 4. The first-order valence-electron chi connectivity index (χ1n) is 15.6. The van der Waals surface area contributed by atoms with Gasteiger partial charge in [0.25, 0.3) is 5.91 Å². The van der Waals surface area contributed by atoms with Crippen LogP contribution in [0.5, 0.6) is 5.75 Å². The van der Waals surface area contributed by atoms with E-state index in [4.69, 9.17) is 9.47 Å². The smallest absolute Gasteiger partial charge is 0.389 e. The van der Waals surface area contributed by atoms with Gasteiger partial charge in [-0.1, -0.05) is 6.92 Å². The summed E-state index contributed by atoms with van der Waals surface area (Å²) in [5, 5.41) is 15.4. The Morgan fingerprint density at radius 2 is 1.74 bits per heavy atom. The van der Waals surface area contributed by atoms with Gasteiger partial charge in [-0.25, -0.2) is 9.18 Å². The SMILES string of the molecule is C[C@@H]1CCCCO[C@@H](CN(C)C(=O)CCC(F)(F)F)[C@@H](C)CN([C@H](C)CO)C(=O)c2cc(NC(=O)Nc3ccc(F)cc3)ccc2O1. The highest BCUT2D eigenvalue weighted by Crippen LogP contribution is 2.29. The zero-order chi connectivity index (χ0) is 34.7. The largest absolute Gasteiger partial charge is 0.490 e. The zero-order valence-electron chi connectivity index (χ0n) is 27.1. The van der Waals surface area contributed by atoms with Crippen molar-refractivity contribution in [3.63, 3.8) is 0 Å². The predicted octanol–water partition coefficient (Wildman–Crippen LogP) is 6.07. The van der Waals surface area contributed by atoms with Gasteiger partial charge in [-0.05, 0) is 75.6 Å². The van der Waals surface area contributed by atoms with Crippen molar-refractivity contribution in [2.75, 3.05) is 44.0 Å². The van der Waals surface area contributed by atoms with E-state index >= 15 is 0 Å². The van der Waals surface area contributed by atoms with Gasteiger partial charge < -0.3 is 35.0 Å². The van der Waals surface area contributed by atoms with E-state index in [-0.39, 0.29) is 42.8 Å². The van der Waals surface area contributed by atoms with Crippen LogP contribution in [0.3, 0.4) is 0 Å². The fourth-order valence-electron chi connectivity index (χ4n) is 5.10. The van der Waals surface area contributed by atoms with Crippen LogP contribution in [0.4, 0.5) is 33.7 Å². The van der Waals surface area contributed by atoms with Crippen LogP contribution in [0.1, 0.15) is 63.2 Å². The fraction of sp³-hybridized carbons (Fsp3) is 0.545. The van der Waals surface area contributed by atoms with Crippen molar-refractivity contribution in [3.05, 3.63) is 53.8 Å². The Morgan fingerprint density at radius 3 is 2.40 bits per heavy atom. The topological polar surface area (TPSA) is 120 Å².